The molecule has 0 fully saturated rings. The third-order valence-corrected chi connectivity index (χ3v) is 4.45. The molecule has 1 N–H and O–H groups in total. The van der Waals surface area contributed by atoms with Gasteiger partial charge in [0.25, 0.3) is 0 Å². The summed E-state index contributed by atoms with van der Waals surface area (Å²) in [5, 5.41) is 2.95. The first-order valence-corrected chi connectivity index (χ1v) is 7.92. The molecule has 102 valence electrons. The lowest BCUT2D eigenvalue weighted by Crippen LogP contribution is -2.45. The van der Waals surface area contributed by atoms with Crippen molar-refractivity contribution in [1.82, 2.24) is 10.2 Å². The van der Waals surface area contributed by atoms with Crippen LogP contribution in [0.15, 0.2) is 0 Å². The maximum Gasteiger partial charge on any atom is 0.239 e. The van der Waals surface area contributed by atoms with E-state index in [-0.39, 0.29) is 23.5 Å². The standard InChI is InChI=1S/C11H24N2O3S/c1-5-13(6-2)11(14)10(4)12-8-9-17(15,16)7-3/h10,12H,5-9H2,1-4H3. The normalized spacial score (nSPS) is 13.4. The first kappa shape index (κ1) is 16.4. The van der Waals surface area contributed by atoms with E-state index in [9.17, 15) is 13.2 Å². The van der Waals surface area contributed by atoms with Gasteiger partial charge in [-0.15, -0.1) is 0 Å². The molecule has 0 aromatic carbocycles. The number of sulfone groups is 1. The van der Waals surface area contributed by atoms with Crippen molar-refractivity contribution in [3.8, 4) is 0 Å². The molecular weight excluding hydrogens is 240 g/mol. The number of carbonyl (C=O) groups is 1. The molecule has 0 aliphatic rings. The summed E-state index contributed by atoms with van der Waals surface area (Å²) >= 11 is 0. The molecule has 0 aromatic rings. The lowest BCUT2D eigenvalue weighted by molar-refractivity contribution is -0.132. The highest BCUT2D eigenvalue weighted by Crippen LogP contribution is 1.95. The minimum Gasteiger partial charge on any atom is -0.342 e. The molecule has 5 nitrogen and oxygen atoms in total. The zero-order valence-electron chi connectivity index (χ0n) is 11.2. The number of carbonyl (C=O) groups excluding carboxylic acids is 1. The Morgan fingerprint density at radius 2 is 1.76 bits per heavy atom. The Bertz CT molecular complexity index is 324. The third-order valence-electron chi connectivity index (χ3n) is 2.75. The maximum absolute atomic E-state index is 11.8. The van der Waals surface area contributed by atoms with Gasteiger partial charge >= 0.3 is 0 Å². The monoisotopic (exact) mass is 264 g/mol. The third kappa shape index (κ3) is 6.02. The van der Waals surface area contributed by atoms with Gasteiger partial charge in [-0.2, -0.15) is 0 Å². The molecule has 1 unspecified atom stereocenters. The average molecular weight is 264 g/mol. The molecule has 0 spiro atoms. The van der Waals surface area contributed by atoms with Gasteiger partial charge in [0.15, 0.2) is 9.84 Å². The number of amides is 1. The minimum atomic E-state index is -2.96. The Morgan fingerprint density at radius 3 is 2.18 bits per heavy atom. The highest BCUT2D eigenvalue weighted by Gasteiger charge is 2.18. The summed E-state index contributed by atoms with van der Waals surface area (Å²) in [5.74, 6) is 0.246. The van der Waals surface area contributed by atoms with Gasteiger partial charge in [-0.05, 0) is 20.8 Å². The molecule has 6 heteroatoms. The Morgan fingerprint density at radius 1 is 1.24 bits per heavy atom. The fourth-order valence-electron chi connectivity index (χ4n) is 1.47. The number of hydrogen-bond donors (Lipinski definition) is 1. The summed E-state index contributed by atoms with van der Waals surface area (Å²) in [4.78, 5) is 13.6. The molecule has 1 atom stereocenters. The molecule has 1 amide bonds. The van der Waals surface area contributed by atoms with Crippen LogP contribution >= 0.6 is 0 Å². The van der Waals surface area contributed by atoms with Gasteiger partial charge in [0.2, 0.25) is 5.91 Å². The smallest absolute Gasteiger partial charge is 0.239 e. The van der Waals surface area contributed by atoms with Gasteiger partial charge in [0.05, 0.1) is 11.8 Å². The molecule has 0 aromatic heterocycles. The van der Waals surface area contributed by atoms with Gasteiger partial charge in [-0.1, -0.05) is 6.92 Å². The van der Waals surface area contributed by atoms with Gasteiger partial charge in [0.1, 0.15) is 0 Å². The van der Waals surface area contributed by atoms with Crippen molar-refractivity contribution in [2.75, 3.05) is 31.1 Å². The summed E-state index contributed by atoms with van der Waals surface area (Å²) in [5.41, 5.74) is 0. The second-order valence-electron chi connectivity index (χ2n) is 3.92. The summed E-state index contributed by atoms with van der Waals surface area (Å²) in [6.07, 6.45) is 0. The van der Waals surface area contributed by atoms with Crippen molar-refractivity contribution in [2.45, 2.75) is 33.7 Å². The van der Waals surface area contributed by atoms with Crippen LogP contribution in [0.4, 0.5) is 0 Å². The van der Waals surface area contributed by atoms with E-state index in [1.54, 1.807) is 18.7 Å². The molecule has 0 heterocycles. The van der Waals surface area contributed by atoms with E-state index >= 15 is 0 Å². The molecule has 17 heavy (non-hydrogen) atoms. The molecule has 0 rings (SSSR count). The largest absolute Gasteiger partial charge is 0.342 e. The molecule has 0 saturated heterocycles. The zero-order valence-corrected chi connectivity index (χ0v) is 12.0. The fraction of sp³-hybridized carbons (Fsp3) is 0.909. The molecule has 0 saturated carbocycles. The van der Waals surface area contributed by atoms with E-state index in [0.717, 1.165) is 0 Å². The SMILES string of the molecule is CCN(CC)C(=O)C(C)NCCS(=O)(=O)CC. The molecule has 0 radical (unpaired) electrons. The Labute approximate surface area is 104 Å². The Kier molecular flexibility index (Phi) is 7.38. The van der Waals surface area contributed by atoms with Crippen LogP contribution in [0.3, 0.4) is 0 Å². The average Bonchev–Trinajstić information content (AvgIpc) is 2.30. The highest BCUT2D eigenvalue weighted by molar-refractivity contribution is 7.91. The number of likely N-dealkylation sites (N-methyl/N-ethyl adjacent to an activating group) is 1. The lowest BCUT2D eigenvalue weighted by atomic mass is 10.3. The van der Waals surface area contributed by atoms with Crippen LogP contribution in [0.1, 0.15) is 27.7 Å². The van der Waals surface area contributed by atoms with Crippen molar-refractivity contribution >= 4 is 15.7 Å². The number of rotatable bonds is 8. The predicted molar refractivity (Wildman–Crippen MR) is 69.7 cm³/mol. The Hall–Kier alpha value is -0.620. The van der Waals surface area contributed by atoms with Crippen LogP contribution in [0.2, 0.25) is 0 Å². The summed E-state index contributed by atoms with van der Waals surface area (Å²) < 4.78 is 22.5. The van der Waals surface area contributed by atoms with E-state index in [1.165, 1.54) is 0 Å². The van der Waals surface area contributed by atoms with Crippen LogP contribution < -0.4 is 5.32 Å². The summed E-state index contributed by atoms with van der Waals surface area (Å²) in [6, 6.07) is -0.332. The van der Waals surface area contributed by atoms with Crippen LogP contribution in [-0.2, 0) is 14.6 Å². The first-order valence-electron chi connectivity index (χ1n) is 6.10. The van der Waals surface area contributed by atoms with E-state index in [2.05, 4.69) is 5.32 Å². The van der Waals surface area contributed by atoms with Crippen molar-refractivity contribution < 1.29 is 13.2 Å². The first-order chi connectivity index (χ1) is 7.87. The second-order valence-corrected chi connectivity index (χ2v) is 6.40. The number of hydrogen-bond acceptors (Lipinski definition) is 4. The van der Waals surface area contributed by atoms with Crippen molar-refractivity contribution in [3.05, 3.63) is 0 Å². The number of nitrogens with zero attached hydrogens (tertiary/aromatic N) is 1. The van der Waals surface area contributed by atoms with Crippen molar-refractivity contribution in [3.63, 3.8) is 0 Å². The van der Waals surface area contributed by atoms with E-state index < -0.39 is 9.84 Å². The maximum atomic E-state index is 11.8. The topological polar surface area (TPSA) is 66.5 Å². The van der Waals surface area contributed by atoms with Gasteiger partial charge in [-0.25, -0.2) is 8.42 Å². The van der Waals surface area contributed by atoms with Crippen LogP contribution in [0, 0.1) is 0 Å². The minimum absolute atomic E-state index is 0.0175. The molecule has 0 bridgehead atoms. The summed E-state index contributed by atoms with van der Waals surface area (Å²) in [7, 11) is -2.96. The summed E-state index contributed by atoms with van der Waals surface area (Å²) in [6.45, 7) is 8.91. The zero-order chi connectivity index (χ0) is 13.5. The van der Waals surface area contributed by atoms with Gasteiger partial charge < -0.3 is 10.2 Å². The van der Waals surface area contributed by atoms with E-state index in [1.807, 2.05) is 13.8 Å². The molecule has 0 aliphatic carbocycles. The highest BCUT2D eigenvalue weighted by atomic mass is 32.2. The quantitative estimate of drug-likeness (QED) is 0.683. The number of nitrogens with one attached hydrogen (secondary N) is 1. The molecule has 0 aliphatic heterocycles. The van der Waals surface area contributed by atoms with Crippen molar-refractivity contribution in [1.29, 1.82) is 0 Å². The fourth-order valence-corrected chi connectivity index (χ4v) is 2.19. The van der Waals surface area contributed by atoms with E-state index in [0.29, 0.717) is 19.6 Å². The van der Waals surface area contributed by atoms with Gasteiger partial charge in [-0.3, -0.25) is 4.79 Å². The van der Waals surface area contributed by atoms with Crippen LogP contribution in [-0.4, -0.2) is 56.4 Å². The van der Waals surface area contributed by atoms with Crippen molar-refractivity contribution in [2.24, 2.45) is 0 Å². The molecular formula is C11H24N2O3S. The van der Waals surface area contributed by atoms with Crippen LogP contribution in [0.5, 0.6) is 0 Å². The predicted octanol–water partition coefficient (Wildman–Crippen LogP) is 0.268. The lowest BCUT2D eigenvalue weighted by Gasteiger charge is -2.23. The van der Waals surface area contributed by atoms with Crippen LogP contribution in [0.25, 0.3) is 0 Å². The van der Waals surface area contributed by atoms with Gasteiger partial charge in [0, 0.05) is 25.4 Å². The van der Waals surface area contributed by atoms with E-state index in [4.69, 9.17) is 0 Å². The second kappa shape index (κ2) is 7.66. The Balaban J connectivity index is 4.10.